The summed E-state index contributed by atoms with van der Waals surface area (Å²) in [4.78, 5) is 15.5. The Labute approximate surface area is 141 Å². The highest BCUT2D eigenvalue weighted by Crippen LogP contribution is 2.34. The molecule has 1 fully saturated rings. The van der Waals surface area contributed by atoms with Crippen molar-refractivity contribution in [2.75, 3.05) is 25.5 Å². The normalized spacial score (nSPS) is 18.2. The van der Waals surface area contributed by atoms with E-state index in [9.17, 15) is 4.79 Å². The first kappa shape index (κ1) is 17.2. The van der Waals surface area contributed by atoms with Crippen molar-refractivity contribution in [1.82, 2.24) is 4.90 Å². The number of hydrogen-bond donors (Lipinski definition) is 1. The lowest BCUT2D eigenvalue weighted by Gasteiger charge is -2.33. The molecule has 1 N–H and O–H groups in total. The third-order valence-corrected chi connectivity index (χ3v) is 5.54. The van der Waals surface area contributed by atoms with Gasteiger partial charge in [-0.3, -0.25) is 0 Å². The molecule has 122 valence electrons. The molecule has 1 atom stereocenters. The Morgan fingerprint density at radius 2 is 2.27 bits per heavy atom. The van der Waals surface area contributed by atoms with Crippen molar-refractivity contribution in [3.8, 4) is 0 Å². The number of anilines is 1. The zero-order valence-electron chi connectivity index (χ0n) is 13.7. The van der Waals surface area contributed by atoms with Crippen LogP contribution >= 0.6 is 23.6 Å². The van der Waals surface area contributed by atoms with Crippen LogP contribution in [0.5, 0.6) is 0 Å². The molecule has 0 amide bonds. The first-order valence-corrected chi connectivity index (χ1v) is 8.96. The number of nitrogens with one attached hydrogen (secondary N) is 1. The quantitative estimate of drug-likeness (QED) is 0.669. The third-order valence-electron chi connectivity index (χ3n) is 4.12. The van der Waals surface area contributed by atoms with E-state index in [-0.39, 0.29) is 5.97 Å². The number of carbonyl (C=O) groups excluding carboxylic acids is 1. The van der Waals surface area contributed by atoms with Crippen LogP contribution in [-0.4, -0.2) is 36.2 Å². The van der Waals surface area contributed by atoms with Crippen molar-refractivity contribution in [2.45, 2.75) is 40.0 Å². The lowest BCUT2D eigenvalue weighted by atomic mass is 10.0. The van der Waals surface area contributed by atoms with Crippen LogP contribution in [0.2, 0.25) is 0 Å². The minimum absolute atomic E-state index is 0.293. The molecule has 2 heterocycles. The molecule has 0 radical (unpaired) electrons. The summed E-state index contributed by atoms with van der Waals surface area (Å²) in [5.74, 6) is 0.364. The number of esters is 1. The number of rotatable bonds is 3. The molecule has 22 heavy (non-hydrogen) atoms. The molecule has 0 unspecified atom stereocenters. The van der Waals surface area contributed by atoms with E-state index < -0.39 is 0 Å². The largest absolute Gasteiger partial charge is 0.465 e. The molecule has 4 nitrogen and oxygen atoms in total. The minimum Gasteiger partial charge on any atom is -0.465 e. The van der Waals surface area contributed by atoms with Crippen LogP contribution in [-0.2, 0) is 11.2 Å². The van der Waals surface area contributed by atoms with Gasteiger partial charge in [-0.1, -0.05) is 13.8 Å². The lowest BCUT2D eigenvalue weighted by molar-refractivity contribution is 0.0601. The van der Waals surface area contributed by atoms with Crippen LogP contribution in [0, 0.1) is 12.8 Å². The van der Waals surface area contributed by atoms with E-state index in [0.29, 0.717) is 16.6 Å². The van der Waals surface area contributed by atoms with Crippen LogP contribution in [0.25, 0.3) is 0 Å². The average molecular weight is 341 g/mol. The van der Waals surface area contributed by atoms with E-state index in [4.69, 9.17) is 17.0 Å². The number of thiocarbonyl (C=S) groups is 1. The predicted molar refractivity (Wildman–Crippen MR) is 96.0 cm³/mol. The molecule has 1 aromatic heterocycles. The van der Waals surface area contributed by atoms with Gasteiger partial charge in [0.2, 0.25) is 0 Å². The van der Waals surface area contributed by atoms with E-state index in [1.165, 1.54) is 13.5 Å². The maximum absolute atomic E-state index is 12.1. The van der Waals surface area contributed by atoms with Gasteiger partial charge in [-0.15, -0.1) is 11.3 Å². The maximum atomic E-state index is 12.1. The Bertz CT molecular complexity index is 569. The van der Waals surface area contributed by atoms with E-state index in [1.54, 1.807) is 11.3 Å². The van der Waals surface area contributed by atoms with Crippen molar-refractivity contribution >= 4 is 39.6 Å². The third kappa shape index (κ3) is 3.60. The number of likely N-dealkylation sites (tertiary alicyclic amines) is 1. The van der Waals surface area contributed by atoms with Gasteiger partial charge in [0, 0.05) is 18.0 Å². The summed E-state index contributed by atoms with van der Waals surface area (Å²) < 4.78 is 4.95. The topological polar surface area (TPSA) is 41.6 Å². The lowest BCUT2D eigenvalue weighted by Crippen LogP contribution is -2.41. The molecule has 1 saturated heterocycles. The first-order valence-electron chi connectivity index (χ1n) is 7.74. The standard InChI is InChI=1S/C16H24N2O2S2/c1-5-12-11(3)22-14(13(12)15(19)20-4)17-16(21)18-8-6-7-10(2)9-18/h10H,5-9H2,1-4H3,(H,17,21)/t10-/m0/s1. The van der Waals surface area contributed by atoms with Gasteiger partial charge in [-0.05, 0) is 49.9 Å². The molecule has 0 aromatic carbocycles. The van der Waals surface area contributed by atoms with Gasteiger partial charge in [0.1, 0.15) is 5.00 Å². The molecular formula is C16H24N2O2S2. The van der Waals surface area contributed by atoms with Gasteiger partial charge in [0.25, 0.3) is 0 Å². The monoisotopic (exact) mass is 340 g/mol. The summed E-state index contributed by atoms with van der Waals surface area (Å²) in [6.07, 6.45) is 3.23. The zero-order valence-corrected chi connectivity index (χ0v) is 15.3. The summed E-state index contributed by atoms with van der Waals surface area (Å²) >= 11 is 7.13. The van der Waals surface area contributed by atoms with E-state index >= 15 is 0 Å². The summed E-state index contributed by atoms with van der Waals surface area (Å²) in [6.45, 7) is 8.29. The molecule has 6 heteroatoms. The number of nitrogens with zero attached hydrogens (tertiary/aromatic N) is 1. The number of aryl methyl sites for hydroxylation is 1. The summed E-state index contributed by atoms with van der Waals surface area (Å²) in [5.41, 5.74) is 1.69. The molecule has 1 aliphatic heterocycles. The average Bonchev–Trinajstić information content (AvgIpc) is 2.81. The van der Waals surface area contributed by atoms with E-state index in [2.05, 4.69) is 24.1 Å². The van der Waals surface area contributed by atoms with Crippen LogP contribution in [0.1, 0.15) is 47.5 Å². The zero-order chi connectivity index (χ0) is 16.3. The Balaban J connectivity index is 2.21. The van der Waals surface area contributed by atoms with Gasteiger partial charge in [-0.25, -0.2) is 4.79 Å². The molecular weight excluding hydrogens is 316 g/mol. The summed E-state index contributed by atoms with van der Waals surface area (Å²) in [6, 6.07) is 0. The fourth-order valence-electron chi connectivity index (χ4n) is 2.96. The number of ether oxygens (including phenoxy) is 1. The van der Waals surface area contributed by atoms with Crippen molar-refractivity contribution < 1.29 is 9.53 Å². The fourth-order valence-corrected chi connectivity index (χ4v) is 4.43. The van der Waals surface area contributed by atoms with Gasteiger partial charge in [-0.2, -0.15) is 0 Å². The molecule has 2 rings (SSSR count). The van der Waals surface area contributed by atoms with Gasteiger partial charge >= 0.3 is 5.97 Å². The van der Waals surface area contributed by atoms with Gasteiger partial charge in [0.05, 0.1) is 12.7 Å². The van der Waals surface area contributed by atoms with Crippen LogP contribution in [0.3, 0.4) is 0 Å². The Kier molecular flexibility index (Phi) is 5.81. The minimum atomic E-state index is -0.293. The van der Waals surface area contributed by atoms with Crippen molar-refractivity contribution in [3.05, 3.63) is 16.0 Å². The molecule has 0 bridgehead atoms. The highest BCUT2D eigenvalue weighted by atomic mass is 32.1. The van der Waals surface area contributed by atoms with Gasteiger partial charge in [0.15, 0.2) is 5.11 Å². The van der Waals surface area contributed by atoms with E-state index in [1.807, 2.05) is 6.92 Å². The second kappa shape index (κ2) is 7.42. The van der Waals surface area contributed by atoms with E-state index in [0.717, 1.165) is 41.4 Å². The van der Waals surface area contributed by atoms with Crippen LogP contribution < -0.4 is 5.32 Å². The number of methoxy groups -OCH3 is 1. The molecule has 1 aromatic rings. The second-order valence-electron chi connectivity index (χ2n) is 5.81. The van der Waals surface area contributed by atoms with Gasteiger partial charge < -0.3 is 15.0 Å². The second-order valence-corrected chi connectivity index (χ2v) is 7.42. The Morgan fingerprint density at radius 1 is 1.55 bits per heavy atom. The van der Waals surface area contributed by atoms with Crippen LogP contribution in [0.4, 0.5) is 5.00 Å². The molecule has 0 spiro atoms. The predicted octanol–water partition coefficient (Wildman–Crippen LogP) is 3.83. The number of thiophene rings is 1. The SMILES string of the molecule is CCc1c(C)sc(NC(=S)N2CCC[C@H](C)C2)c1C(=O)OC. The number of hydrogen-bond acceptors (Lipinski definition) is 4. The smallest absolute Gasteiger partial charge is 0.341 e. The first-order chi connectivity index (χ1) is 10.5. The summed E-state index contributed by atoms with van der Waals surface area (Å²) in [5, 5.41) is 4.81. The molecule has 0 aliphatic carbocycles. The Morgan fingerprint density at radius 3 is 2.86 bits per heavy atom. The number of carbonyl (C=O) groups is 1. The molecule has 1 aliphatic rings. The Hall–Kier alpha value is -1.14. The van der Waals surface area contributed by atoms with Crippen molar-refractivity contribution in [3.63, 3.8) is 0 Å². The highest BCUT2D eigenvalue weighted by molar-refractivity contribution is 7.80. The molecule has 0 saturated carbocycles. The summed E-state index contributed by atoms with van der Waals surface area (Å²) in [7, 11) is 1.42. The maximum Gasteiger partial charge on any atom is 0.341 e. The van der Waals surface area contributed by atoms with Crippen LogP contribution in [0.15, 0.2) is 0 Å². The fraction of sp³-hybridized carbons (Fsp3) is 0.625. The van der Waals surface area contributed by atoms with Crippen molar-refractivity contribution in [2.24, 2.45) is 5.92 Å². The highest BCUT2D eigenvalue weighted by Gasteiger charge is 2.24. The van der Waals surface area contributed by atoms with Crippen molar-refractivity contribution in [1.29, 1.82) is 0 Å². The number of piperidine rings is 1.